The lowest BCUT2D eigenvalue weighted by molar-refractivity contribution is -0.384. The minimum Gasteiger partial charge on any atom is -0.492 e. The Kier molecular flexibility index (Phi) is 5.87. The van der Waals surface area contributed by atoms with Gasteiger partial charge >= 0.3 is 0 Å². The van der Waals surface area contributed by atoms with Gasteiger partial charge in [0.15, 0.2) is 5.16 Å². The molecule has 27 heavy (non-hydrogen) atoms. The van der Waals surface area contributed by atoms with Crippen molar-refractivity contribution in [3.63, 3.8) is 0 Å². The summed E-state index contributed by atoms with van der Waals surface area (Å²) in [7, 11) is 0. The summed E-state index contributed by atoms with van der Waals surface area (Å²) in [5.74, 6) is 0.963. The number of nitrogens with zero attached hydrogens (tertiary/aromatic N) is 3. The number of fused-ring (bicyclic) bond motifs is 1. The molecular formula is C19H17N3O4S. The Labute approximate surface area is 159 Å². The molecule has 0 aliphatic rings. The van der Waals surface area contributed by atoms with Crippen molar-refractivity contribution in [1.29, 1.82) is 0 Å². The number of nitro benzene ring substituents is 1. The first-order chi connectivity index (χ1) is 13.1. The van der Waals surface area contributed by atoms with Crippen LogP contribution in [0.15, 0.2) is 71.1 Å². The van der Waals surface area contributed by atoms with E-state index < -0.39 is 4.92 Å². The van der Waals surface area contributed by atoms with Crippen LogP contribution in [0.5, 0.6) is 5.75 Å². The summed E-state index contributed by atoms with van der Waals surface area (Å²) < 4.78 is 7.15. The average Bonchev–Trinajstić information content (AvgIpc) is 2.68. The topological polar surface area (TPSA) is 87.3 Å². The second kappa shape index (κ2) is 8.50. The number of rotatable bonds is 8. The Balaban J connectivity index is 1.72. The van der Waals surface area contributed by atoms with Crippen LogP contribution in [-0.2, 0) is 6.54 Å². The molecule has 1 heterocycles. The highest BCUT2D eigenvalue weighted by atomic mass is 32.2. The fourth-order valence-corrected chi connectivity index (χ4v) is 3.35. The van der Waals surface area contributed by atoms with Crippen molar-refractivity contribution in [2.45, 2.75) is 11.7 Å². The van der Waals surface area contributed by atoms with E-state index >= 15 is 0 Å². The molecule has 0 saturated heterocycles. The molecule has 2 aromatic carbocycles. The van der Waals surface area contributed by atoms with E-state index in [2.05, 4.69) is 11.6 Å². The lowest BCUT2D eigenvalue weighted by Crippen LogP contribution is -2.23. The summed E-state index contributed by atoms with van der Waals surface area (Å²) in [6, 6.07) is 13.2. The smallest absolute Gasteiger partial charge is 0.273 e. The fraction of sp³-hybridized carbons (Fsp3) is 0.158. The minimum atomic E-state index is -0.464. The molecule has 3 aromatic rings. The predicted octanol–water partition coefficient (Wildman–Crippen LogP) is 3.66. The molecule has 0 atom stereocenters. The van der Waals surface area contributed by atoms with Crippen molar-refractivity contribution in [2.75, 3.05) is 12.4 Å². The monoisotopic (exact) mass is 383 g/mol. The summed E-state index contributed by atoms with van der Waals surface area (Å²) in [5.41, 5.74) is 0.517. The van der Waals surface area contributed by atoms with Crippen LogP contribution in [0.3, 0.4) is 0 Å². The van der Waals surface area contributed by atoms with Gasteiger partial charge in [-0.3, -0.25) is 19.5 Å². The van der Waals surface area contributed by atoms with Gasteiger partial charge in [-0.05, 0) is 18.2 Å². The largest absolute Gasteiger partial charge is 0.492 e. The molecule has 0 fully saturated rings. The fourth-order valence-electron chi connectivity index (χ4n) is 2.53. The third-order valence-corrected chi connectivity index (χ3v) is 4.69. The number of ether oxygens (including phenoxy) is 1. The average molecular weight is 383 g/mol. The zero-order valence-electron chi connectivity index (χ0n) is 14.4. The predicted molar refractivity (Wildman–Crippen MR) is 106 cm³/mol. The van der Waals surface area contributed by atoms with Crippen molar-refractivity contribution >= 4 is 28.4 Å². The molecule has 3 rings (SSSR count). The van der Waals surface area contributed by atoms with Gasteiger partial charge in [-0.1, -0.05) is 36.0 Å². The second-order valence-corrected chi connectivity index (χ2v) is 6.63. The molecule has 0 saturated carbocycles. The molecule has 0 spiro atoms. The summed E-state index contributed by atoms with van der Waals surface area (Å²) >= 11 is 1.39. The number of hydrogen-bond donors (Lipinski definition) is 0. The van der Waals surface area contributed by atoms with Crippen LogP contribution in [-0.4, -0.2) is 26.8 Å². The highest BCUT2D eigenvalue weighted by Gasteiger charge is 2.11. The molecule has 8 heteroatoms. The first-order valence-electron chi connectivity index (χ1n) is 8.20. The lowest BCUT2D eigenvalue weighted by atomic mass is 10.2. The number of nitro groups is 1. The van der Waals surface area contributed by atoms with E-state index in [-0.39, 0.29) is 11.2 Å². The number of aromatic nitrogens is 2. The van der Waals surface area contributed by atoms with Crippen molar-refractivity contribution < 1.29 is 9.66 Å². The van der Waals surface area contributed by atoms with Gasteiger partial charge in [-0.15, -0.1) is 6.58 Å². The number of non-ortho nitro benzene ring substituents is 1. The van der Waals surface area contributed by atoms with Crippen LogP contribution in [0.1, 0.15) is 0 Å². The Hall–Kier alpha value is -3.13. The van der Waals surface area contributed by atoms with E-state index in [1.54, 1.807) is 34.9 Å². The number of allylic oxidation sites excluding steroid dienone is 1. The Morgan fingerprint density at radius 2 is 2.07 bits per heavy atom. The molecular weight excluding hydrogens is 366 g/mol. The highest BCUT2D eigenvalue weighted by molar-refractivity contribution is 7.99. The SMILES string of the molecule is C=CCn1c(SCCOc2cccc([N+](=O)[O-])c2)nc2ccccc2c1=O. The number of benzene rings is 2. The summed E-state index contributed by atoms with van der Waals surface area (Å²) in [6.07, 6.45) is 1.65. The molecule has 7 nitrogen and oxygen atoms in total. The summed E-state index contributed by atoms with van der Waals surface area (Å²) in [4.78, 5) is 27.6. The van der Waals surface area contributed by atoms with E-state index in [1.165, 1.54) is 23.9 Å². The first kappa shape index (κ1) is 18.7. The maximum Gasteiger partial charge on any atom is 0.273 e. The Morgan fingerprint density at radius 3 is 2.85 bits per heavy atom. The van der Waals surface area contributed by atoms with Crippen LogP contribution in [0.4, 0.5) is 5.69 Å². The molecule has 1 aromatic heterocycles. The van der Waals surface area contributed by atoms with Crippen molar-refractivity contribution in [3.05, 3.63) is 81.7 Å². The summed E-state index contributed by atoms with van der Waals surface area (Å²) in [6.45, 7) is 4.39. The molecule has 0 unspecified atom stereocenters. The Bertz CT molecular complexity index is 1050. The normalized spacial score (nSPS) is 10.7. The molecule has 0 aliphatic heterocycles. The lowest BCUT2D eigenvalue weighted by Gasteiger charge is -2.11. The van der Waals surface area contributed by atoms with E-state index in [4.69, 9.17) is 4.74 Å². The van der Waals surface area contributed by atoms with E-state index in [1.807, 2.05) is 12.1 Å². The Morgan fingerprint density at radius 1 is 1.26 bits per heavy atom. The van der Waals surface area contributed by atoms with Gasteiger partial charge in [0.1, 0.15) is 5.75 Å². The molecule has 0 bridgehead atoms. The molecule has 138 valence electrons. The van der Waals surface area contributed by atoms with E-state index in [0.717, 1.165) is 0 Å². The zero-order chi connectivity index (χ0) is 19.2. The van der Waals surface area contributed by atoms with Crippen molar-refractivity contribution in [1.82, 2.24) is 9.55 Å². The van der Waals surface area contributed by atoms with Crippen LogP contribution < -0.4 is 10.3 Å². The van der Waals surface area contributed by atoms with Crippen molar-refractivity contribution in [2.24, 2.45) is 0 Å². The first-order valence-corrected chi connectivity index (χ1v) is 9.19. The number of hydrogen-bond acceptors (Lipinski definition) is 6. The molecule has 0 radical (unpaired) electrons. The van der Waals surface area contributed by atoms with Crippen LogP contribution in [0.2, 0.25) is 0 Å². The maximum atomic E-state index is 12.7. The van der Waals surface area contributed by atoms with Crippen LogP contribution in [0.25, 0.3) is 10.9 Å². The van der Waals surface area contributed by atoms with Gasteiger partial charge in [-0.25, -0.2) is 4.98 Å². The maximum absolute atomic E-state index is 12.7. The van der Waals surface area contributed by atoms with Gasteiger partial charge in [0.2, 0.25) is 0 Å². The quantitative estimate of drug-likeness (QED) is 0.147. The zero-order valence-corrected chi connectivity index (χ0v) is 15.2. The molecule has 0 N–H and O–H groups in total. The molecule has 0 amide bonds. The van der Waals surface area contributed by atoms with E-state index in [0.29, 0.717) is 40.7 Å². The van der Waals surface area contributed by atoms with Crippen molar-refractivity contribution in [3.8, 4) is 5.75 Å². The van der Waals surface area contributed by atoms with Gasteiger partial charge in [0.05, 0.1) is 28.5 Å². The molecule has 0 aliphatic carbocycles. The van der Waals surface area contributed by atoms with Crippen LogP contribution in [0, 0.1) is 10.1 Å². The minimum absolute atomic E-state index is 0.0174. The summed E-state index contributed by atoms with van der Waals surface area (Å²) in [5, 5.41) is 12.0. The van der Waals surface area contributed by atoms with Crippen LogP contribution >= 0.6 is 11.8 Å². The third kappa shape index (κ3) is 4.35. The third-order valence-electron chi connectivity index (χ3n) is 3.75. The van der Waals surface area contributed by atoms with Gasteiger partial charge in [0, 0.05) is 18.4 Å². The standard InChI is InChI=1S/C19H17N3O4S/c1-2-10-21-18(23)16-8-3-4-9-17(16)20-19(21)27-12-11-26-15-7-5-6-14(13-15)22(24)25/h2-9,13H,1,10-12H2. The number of thioether (sulfide) groups is 1. The second-order valence-electron chi connectivity index (χ2n) is 5.57. The van der Waals surface area contributed by atoms with Gasteiger partial charge in [0.25, 0.3) is 11.2 Å². The van der Waals surface area contributed by atoms with Gasteiger partial charge in [-0.2, -0.15) is 0 Å². The van der Waals surface area contributed by atoms with Gasteiger partial charge < -0.3 is 4.74 Å². The van der Waals surface area contributed by atoms with E-state index in [9.17, 15) is 14.9 Å². The number of para-hydroxylation sites is 1. The highest BCUT2D eigenvalue weighted by Crippen LogP contribution is 2.21.